The number of methoxy groups -OCH3 is 1. The fourth-order valence-corrected chi connectivity index (χ4v) is 3.90. The van der Waals surface area contributed by atoms with E-state index in [0.717, 1.165) is 23.0 Å². The predicted octanol–water partition coefficient (Wildman–Crippen LogP) is 4.55. The fraction of sp³-hybridized carbons (Fsp3) is 0.273. The number of benzene rings is 1. The number of ether oxygens (including phenoxy) is 2. The SMILES string of the molecule is CCOc1c(Cl)cc(C(=O)N2CC=C(c3c[nH]c4ncccc34)CC2)cc1OC. The van der Waals surface area contributed by atoms with Crippen molar-refractivity contribution < 1.29 is 14.3 Å². The highest BCUT2D eigenvalue weighted by atomic mass is 35.5. The van der Waals surface area contributed by atoms with Crippen LogP contribution in [0.2, 0.25) is 5.02 Å². The van der Waals surface area contributed by atoms with Crippen LogP contribution in [-0.4, -0.2) is 47.6 Å². The van der Waals surface area contributed by atoms with Crippen LogP contribution in [0.25, 0.3) is 16.6 Å². The highest BCUT2D eigenvalue weighted by Gasteiger charge is 2.23. The van der Waals surface area contributed by atoms with Gasteiger partial charge in [-0.25, -0.2) is 4.98 Å². The van der Waals surface area contributed by atoms with E-state index in [1.54, 1.807) is 18.3 Å². The zero-order valence-electron chi connectivity index (χ0n) is 16.4. The molecule has 0 spiro atoms. The molecule has 4 rings (SSSR count). The van der Waals surface area contributed by atoms with Gasteiger partial charge in [0.25, 0.3) is 5.91 Å². The molecule has 1 aliphatic rings. The smallest absolute Gasteiger partial charge is 0.254 e. The summed E-state index contributed by atoms with van der Waals surface area (Å²) in [7, 11) is 1.54. The quantitative estimate of drug-likeness (QED) is 0.668. The van der Waals surface area contributed by atoms with Crippen LogP contribution in [-0.2, 0) is 0 Å². The lowest BCUT2D eigenvalue weighted by Gasteiger charge is -2.27. The maximum absolute atomic E-state index is 13.0. The second-order valence-corrected chi connectivity index (χ2v) is 7.16. The van der Waals surface area contributed by atoms with E-state index in [9.17, 15) is 4.79 Å². The van der Waals surface area contributed by atoms with Crippen molar-refractivity contribution in [2.75, 3.05) is 26.8 Å². The lowest BCUT2D eigenvalue weighted by atomic mass is 9.99. The molecule has 1 N–H and O–H groups in total. The zero-order chi connectivity index (χ0) is 20.4. The Morgan fingerprint density at radius 2 is 2.24 bits per heavy atom. The number of H-pyrrole nitrogens is 1. The van der Waals surface area contributed by atoms with Crippen molar-refractivity contribution in [2.45, 2.75) is 13.3 Å². The summed E-state index contributed by atoms with van der Waals surface area (Å²) >= 11 is 6.32. The first-order valence-electron chi connectivity index (χ1n) is 9.53. The molecular weight excluding hydrogens is 390 g/mol. The molecular formula is C22H22ClN3O3. The fourth-order valence-electron chi connectivity index (χ4n) is 3.63. The van der Waals surface area contributed by atoms with Crippen molar-refractivity contribution >= 4 is 34.1 Å². The Hall–Kier alpha value is -2.99. The normalized spacial score (nSPS) is 14.0. The number of nitrogens with one attached hydrogen (secondary N) is 1. The molecule has 1 aromatic carbocycles. The topological polar surface area (TPSA) is 67.5 Å². The molecule has 0 atom stereocenters. The summed E-state index contributed by atoms with van der Waals surface area (Å²) in [5, 5.41) is 1.47. The summed E-state index contributed by atoms with van der Waals surface area (Å²) in [5.41, 5.74) is 3.73. The van der Waals surface area contributed by atoms with Crippen LogP contribution in [0, 0.1) is 0 Å². The number of hydrogen-bond acceptors (Lipinski definition) is 4. The van der Waals surface area contributed by atoms with Gasteiger partial charge >= 0.3 is 0 Å². The Labute approximate surface area is 174 Å². The van der Waals surface area contributed by atoms with Gasteiger partial charge in [-0.15, -0.1) is 0 Å². The van der Waals surface area contributed by atoms with Crippen LogP contribution >= 0.6 is 11.6 Å². The first-order valence-corrected chi connectivity index (χ1v) is 9.91. The highest BCUT2D eigenvalue weighted by molar-refractivity contribution is 6.32. The number of aromatic nitrogens is 2. The standard InChI is InChI=1S/C22H22ClN3O3/c1-3-29-20-18(23)11-15(12-19(20)28-2)22(27)26-9-6-14(7-10-26)17-13-25-21-16(17)5-4-8-24-21/h4-6,8,11-13H,3,7,9-10H2,1-2H3,(H,24,25). The molecule has 0 unspecified atom stereocenters. The Balaban J connectivity index is 1.55. The summed E-state index contributed by atoms with van der Waals surface area (Å²) in [4.78, 5) is 22.4. The minimum Gasteiger partial charge on any atom is -0.493 e. The van der Waals surface area contributed by atoms with Gasteiger partial charge in [-0.05, 0) is 43.2 Å². The Bertz CT molecular complexity index is 1090. The third-order valence-corrected chi connectivity index (χ3v) is 5.34. The van der Waals surface area contributed by atoms with Crippen molar-refractivity contribution in [1.82, 2.24) is 14.9 Å². The average molecular weight is 412 g/mol. The second-order valence-electron chi connectivity index (χ2n) is 6.75. The molecule has 6 nitrogen and oxygen atoms in total. The van der Waals surface area contributed by atoms with Gasteiger partial charge in [0.05, 0.1) is 18.7 Å². The molecule has 0 fully saturated rings. The number of aromatic amines is 1. The number of hydrogen-bond donors (Lipinski definition) is 1. The van der Waals surface area contributed by atoms with Gasteiger partial charge in [-0.1, -0.05) is 17.7 Å². The lowest BCUT2D eigenvalue weighted by Crippen LogP contribution is -2.34. The molecule has 3 heterocycles. The maximum atomic E-state index is 13.0. The summed E-state index contributed by atoms with van der Waals surface area (Å²) in [6.45, 7) is 3.50. The second kappa shape index (κ2) is 8.17. The molecule has 2 aromatic heterocycles. The van der Waals surface area contributed by atoms with Crippen molar-refractivity contribution in [1.29, 1.82) is 0 Å². The van der Waals surface area contributed by atoms with Gasteiger partial charge in [0.15, 0.2) is 11.5 Å². The first kappa shape index (κ1) is 19.3. The Kier molecular flexibility index (Phi) is 5.45. The van der Waals surface area contributed by atoms with Gasteiger partial charge in [-0.3, -0.25) is 4.79 Å². The molecule has 0 bridgehead atoms. The van der Waals surface area contributed by atoms with Crippen LogP contribution in [0.4, 0.5) is 0 Å². The number of carbonyl (C=O) groups is 1. The number of pyridine rings is 1. The number of halogens is 1. The van der Waals surface area contributed by atoms with Crippen molar-refractivity contribution in [3.05, 3.63) is 58.9 Å². The number of carbonyl (C=O) groups excluding carboxylic acids is 1. The van der Waals surface area contributed by atoms with E-state index in [4.69, 9.17) is 21.1 Å². The molecule has 1 aliphatic heterocycles. The molecule has 0 radical (unpaired) electrons. The molecule has 7 heteroatoms. The molecule has 1 amide bonds. The van der Waals surface area contributed by atoms with Crippen molar-refractivity contribution in [3.63, 3.8) is 0 Å². The highest BCUT2D eigenvalue weighted by Crippen LogP contribution is 2.37. The Morgan fingerprint density at radius 1 is 1.38 bits per heavy atom. The first-order chi connectivity index (χ1) is 14.1. The van der Waals surface area contributed by atoms with Gasteiger partial charge in [0, 0.05) is 42.0 Å². The van der Waals surface area contributed by atoms with E-state index in [1.165, 1.54) is 12.7 Å². The summed E-state index contributed by atoms with van der Waals surface area (Å²) in [5.74, 6) is 0.841. The summed E-state index contributed by atoms with van der Waals surface area (Å²) < 4.78 is 10.9. The average Bonchev–Trinajstić information content (AvgIpc) is 3.19. The van der Waals surface area contributed by atoms with E-state index >= 15 is 0 Å². The van der Waals surface area contributed by atoms with Crippen LogP contribution in [0.5, 0.6) is 11.5 Å². The van der Waals surface area contributed by atoms with Crippen LogP contribution in [0.1, 0.15) is 29.3 Å². The molecule has 150 valence electrons. The molecule has 0 saturated heterocycles. The summed E-state index contributed by atoms with van der Waals surface area (Å²) in [6.07, 6.45) is 6.63. The van der Waals surface area contributed by atoms with E-state index in [-0.39, 0.29) is 5.91 Å². The summed E-state index contributed by atoms with van der Waals surface area (Å²) in [6, 6.07) is 7.31. The van der Waals surface area contributed by atoms with E-state index in [1.807, 2.05) is 24.1 Å². The number of rotatable bonds is 5. The zero-order valence-corrected chi connectivity index (χ0v) is 17.1. The van der Waals surface area contributed by atoms with Crippen LogP contribution < -0.4 is 9.47 Å². The third-order valence-electron chi connectivity index (χ3n) is 5.06. The maximum Gasteiger partial charge on any atom is 0.254 e. The number of nitrogens with zero attached hydrogens (tertiary/aromatic N) is 2. The Morgan fingerprint density at radius 3 is 2.97 bits per heavy atom. The molecule has 0 aliphatic carbocycles. The van der Waals surface area contributed by atoms with Crippen molar-refractivity contribution in [2.24, 2.45) is 0 Å². The van der Waals surface area contributed by atoms with E-state index in [2.05, 4.69) is 22.1 Å². The van der Waals surface area contributed by atoms with E-state index < -0.39 is 0 Å². The van der Waals surface area contributed by atoms with Crippen molar-refractivity contribution in [3.8, 4) is 11.5 Å². The third kappa shape index (κ3) is 3.68. The van der Waals surface area contributed by atoms with Crippen LogP contribution in [0.15, 0.2) is 42.7 Å². The van der Waals surface area contributed by atoms with Gasteiger partial charge in [-0.2, -0.15) is 0 Å². The largest absolute Gasteiger partial charge is 0.493 e. The van der Waals surface area contributed by atoms with Gasteiger partial charge in [0.1, 0.15) is 5.65 Å². The predicted molar refractivity (Wildman–Crippen MR) is 114 cm³/mol. The minimum atomic E-state index is -0.0795. The van der Waals surface area contributed by atoms with Gasteiger partial charge < -0.3 is 19.4 Å². The van der Waals surface area contributed by atoms with E-state index in [0.29, 0.717) is 41.8 Å². The molecule has 0 saturated carbocycles. The lowest BCUT2D eigenvalue weighted by molar-refractivity contribution is 0.0772. The minimum absolute atomic E-state index is 0.0795. The number of fused-ring (bicyclic) bond motifs is 1. The van der Waals surface area contributed by atoms with Gasteiger partial charge in [0.2, 0.25) is 0 Å². The number of amides is 1. The molecule has 29 heavy (non-hydrogen) atoms. The van der Waals surface area contributed by atoms with Crippen LogP contribution in [0.3, 0.4) is 0 Å². The monoisotopic (exact) mass is 411 g/mol. The molecule has 3 aromatic rings.